The SMILES string of the molecule is CC.CCc1sc(-c2sc(C(C)(C)C)c3c2OCC(CO)(CO)CO3)c2c1OCC(C)(C)CO2. The minimum Gasteiger partial charge on any atom is -0.488 e. The number of aliphatic hydroxyl groups is 2. The minimum atomic E-state index is -0.840. The third-order valence-corrected chi connectivity index (χ3v) is 8.89. The summed E-state index contributed by atoms with van der Waals surface area (Å²) in [5.41, 5.74) is -1.08. The quantitative estimate of drug-likeness (QED) is 0.531. The van der Waals surface area contributed by atoms with Crippen LogP contribution in [0.3, 0.4) is 0 Å². The molecule has 2 aliphatic rings. The minimum absolute atomic E-state index is 0.0800. The first-order valence-corrected chi connectivity index (χ1v) is 13.7. The third-order valence-electron chi connectivity index (χ3n) is 5.85. The molecule has 0 spiro atoms. The van der Waals surface area contributed by atoms with E-state index in [2.05, 4.69) is 41.5 Å². The summed E-state index contributed by atoms with van der Waals surface area (Å²) in [6.07, 6.45) is 0.853. The molecule has 8 heteroatoms. The van der Waals surface area contributed by atoms with Gasteiger partial charge >= 0.3 is 0 Å². The molecule has 6 nitrogen and oxygen atoms in total. The average Bonchev–Trinajstić information content (AvgIpc) is 3.23. The fourth-order valence-electron chi connectivity index (χ4n) is 3.71. The van der Waals surface area contributed by atoms with Gasteiger partial charge in [-0.3, -0.25) is 0 Å². The van der Waals surface area contributed by atoms with Gasteiger partial charge in [-0.2, -0.15) is 0 Å². The van der Waals surface area contributed by atoms with Gasteiger partial charge in [0.1, 0.15) is 13.2 Å². The van der Waals surface area contributed by atoms with Gasteiger partial charge in [0.2, 0.25) is 0 Å². The number of thiophene rings is 2. The molecule has 0 atom stereocenters. The molecule has 0 bridgehead atoms. The highest BCUT2D eigenvalue weighted by Crippen LogP contribution is 2.59. The fourth-order valence-corrected chi connectivity index (χ4v) is 6.21. The molecule has 2 N–H and O–H groups in total. The van der Waals surface area contributed by atoms with Crippen molar-refractivity contribution in [2.24, 2.45) is 10.8 Å². The highest BCUT2D eigenvalue weighted by atomic mass is 32.1. The molecule has 0 unspecified atom stereocenters. The maximum Gasteiger partial charge on any atom is 0.181 e. The van der Waals surface area contributed by atoms with Crippen molar-refractivity contribution in [3.63, 3.8) is 0 Å². The van der Waals surface area contributed by atoms with Crippen molar-refractivity contribution in [1.29, 1.82) is 0 Å². The van der Waals surface area contributed by atoms with Gasteiger partial charge in [-0.1, -0.05) is 55.4 Å². The standard InChI is InChI=1S/C24H34O6S2.C2H6/c1-7-14-15-16(28-11-23(5,6)10-27-15)19(31-14)20-17-18(21(32-20)22(2,3)4)30-13-24(8-25,9-26)12-29-17;1-2/h25-26H,7-13H2,1-6H3;1-2H3. The summed E-state index contributed by atoms with van der Waals surface area (Å²) in [6.45, 7) is 18.0. The average molecular weight is 513 g/mol. The molecule has 0 saturated carbocycles. The smallest absolute Gasteiger partial charge is 0.181 e. The Morgan fingerprint density at radius 2 is 1.24 bits per heavy atom. The number of ether oxygens (including phenoxy) is 4. The van der Waals surface area contributed by atoms with E-state index in [4.69, 9.17) is 18.9 Å². The predicted molar refractivity (Wildman–Crippen MR) is 139 cm³/mol. The third kappa shape index (κ3) is 5.06. The van der Waals surface area contributed by atoms with E-state index in [1.807, 2.05) is 13.8 Å². The van der Waals surface area contributed by atoms with E-state index in [0.717, 1.165) is 37.4 Å². The zero-order chi connectivity index (χ0) is 25.3. The summed E-state index contributed by atoms with van der Waals surface area (Å²) >= 11 is 3.34. The van der Waals surface area contributed by atoms with E-state index < -0.39 is 5.41 Å². The lowest BCUT2D eigenvalue weighted by molar-refractivity contribution is -0.00712. The molecule has 4 heterocycles. The molecule has 4 rings (SSSR count). The molecular formula is C26H40O6S2. The van der Waals surface area contributed by atoms with Crippen LogP contribution in [0.25, 0.3) is 9.75 Å². The predicted octanol–water partition coefficient (Wildman–Crippen LogP) is 5.90. The summed E-state index contributed by atoms with van der Waals surface area (Å²) in [4.78, 5) is 4.18. The Bertz CT molecular complexity index is 979. The van der Waals surface area contributed by atoms with E-state index in [0.29, 0.717) is 24.7 Å². The summed E-state index contributed by atoms with van der Waals surface area (Å²) in [7, 11) is 0. The number of aryl methyl sites for hydroxylation is 1. The van der Waals surface area contributed by atoms with Crippen LogP contribution in [0.5, 0.6) is 23.0 Å². The highest BCUT2D eigenvalue weighted by Gasteiger charge is 2.40. The first kappa shape index (κ1) is 27.1. The van der Waals surface area contributed by atoms with Crippen molar-refractivity contribution in [1.82, 2.24) is 0 Å². The van der Waals surface area contributed by atoms with Crippen LogP contribution in [0.4, 0.5) is 0 Å². The largest absolute Gasteiger partial charge is 0.488 e. The molecule has 192 valence electrons. The zero-order valence-electron chi connectivity index (χ0n) is 21.8. The normalized spacial score (nSPS) is 18.4. The lowest BCUT2D eigenvalue weighted by Crippen LogP contribution is -2.40. The van der Waals surface area contributed by atoms with E-state index in [-0.39, 0.29) is 37.3 Å². The first-order chi connectivity index (χ1) is 16.0. The molecule has 0 radical (unpaired) electrons. The van der Waals surface area contributed by atoms with Gasteiger partial charge in [0.25, 0.3) is 0 Å². The lowest BCUT2D eigenvalue weighted by atomic mass is 9.92. The Kier molecular flexibility index (Phi) is 8.17. The van der Waals surface area contributed by atoms with Crippen molar-refractivity contribution in [2.75, 3.05) is 39.6 Å². The van der Waals surface area contributed by atoms with E-state index in [1.54, 1.807) is 22.7 Å². The van der Waals surface area contributed by atoms with Gasteiger partial charge in [-0.05, 0) is 6.42 Å². The van der Waals surface area contributed by atoms with Crippen LogP contribution in [-0.2, 0) is 11.8 Å². The monoisotopic (exact) mass is 512 g/mol. The van der Waals surface area contributed by atoms with Crippen LogP contribution in [0, 0.1) is 10.8 Å². The summed E-state index contributed by atoms with van der Waals surface area (Å²) in [5, 5.41) is 19.8. The number of aliphatic hydroxyl groups excluding tert-OH is 2. The van der Waals surface area contributed by atoms with Crippen LogP contribution in [0.2, 0.25) is 0 Å². The molecule has 0 amide bonds. The van der Waals surface area contributed by atoms with Crippen LogP contribution in [0.15, 0.2) is 0 Å². The van der Waals surface area contributed by atoms with Crippen molar-refractivity contribution in [3.8, 4) is 32.8 Å². The Morgan fingerprint density at radius 3 is 1.76 bits per heavy atom. The lowest BCUT2D eigenvalue weighted by Gasteiger charge is -2.26. The topological polar surface area (TPSA) is 77.4 Å². The first-order valence-electron chi connectivity index (χ1n) is 12.1. The maximum atomic E-state index is 9.92. The van der Waals surface area contributed by atoms with Crippen LogP contribution in [-0.4, -0.2) is 49.9 Å². The van der Waals surface area contributed by atoms with Gasteiger partial charge in [0.05, 0.1) is 51.4 Å². The van der Waals surface area contributed by atoms with Crippen molar-refractivity contribution >= 4 is 22.7 Å². The zero-order valence-corrected chi connectivity index (χ0v) is 23.4. The van der Waals surface area contributed by atoms with Crippen molar-refractivity contribution in [2.45, 2.75) is 67.2 Å². The van der Waals surface area contributed by atoms with Gasteiger partial charge < -0.3 is 29.2 Å². The Labute approximate surface area is 211 Å². The molecule has 2 aliphatic heterocycles. The van der Waals surface area contributed by atoms with Crippen LogP contribution in [0.1, 0.15) is 65.1 Å². The molecule has 0 fully saturated rings. The van der Waals surface area contributed by atoms with Gasteiger partial charge in [-0.25, -0.2) is 0 Å². The Hall–Kier alpha value is -1.48. The molecular weight excluding hydrogens is 472 g/mol. The van der Waals surface area contributed by atoms with Crippen LogP contribution >= 0.6 is 22.7 Å². The van der Waals surface area contributed by atoms with Crippen molar-refractivity contribution in [3.05, 3.63) is 9.75 Å². The molecule has 2 aromatic rings. The Morgan fingerprint density at radius 1 is 0.765 bits per heavy atom. The number of hydrogen-bond acceptors (Lipinski definition) is 8. The van der Waals surface area contributed by atoms with Gasteiger partial charge in [-0.15, -0.1) is 22.7 Å². The van der Waals surface area contributed by atoms with Crippen molar-refractivity contribution < 1.29 is 29.2 Å². The van der Waals surface area contributed by atoms with Gasteiger partial charge in [0, 0.05) is 10.8 Å². The number of rotatable bonds is 4. The van der Waals surface area contributed by atoms with E-state index in [1.165, 1.54) is 0 Å². The highest BCUT2D eigenvalue weighted by molar-refractivity contribution is 7.23. The second kappa shape index (κ2) is 10.2. The maximum absolute atomic E-state index is 9.92. The van der Waals surface area contributed by atoms with E-state index >= 15 is 0 Å². The number of fused-ring (bicyclic) bond motifs is 2. The molecule has 0 aliphatic carbocycles. The summed E-state index contributed by atoms with van der Waals surface area (Å²) in [5.74, 6) is 3.00. The second-order valence-corrected chi connectivity index (χ2v) is 12.8. The van der Waals surface area contributed by atoms with E-state index in [9.17, 15) is 10.2 Å². The molecule has 2 aromatic heterocycles. The molecule has 0 aromatic carbocycles. The summed E-state index contributed by atoms with van der Waals surface area (Å²) in [6, 6.07) is 0. The molecule has 34 heavy (non-hydrogen) atoms. The van der Waals surface area contributed by atoms with Gasteiger partial charge in [0.15, 0.2) is 23.0 Å². The molecule has 0 saturated heterocycles. The Balaban J connectivity index is 0.00000158. The number of hydrogen-bond donors (Lipinski definition) is 2. The second-order valence-electron chi connectivity index (χ2n) is 10.7. The van der Waals surface area contributed by atoms with Crippen LogP contribution < -0.4 is 18.9 Å². The summed E-state index contributed by atoms with van der Waals surface area (Å²) < 4.78 is 25.1. The fraction of sp³-hybridized carbons (Fsp3) is 0.692.